The van der Waals surface area contributed by atoms with Crippen LogP contribution in [0.5, 0.6) is 0 Å². The Morgan fingerprint density at radius 2 is 1.94 bits per heavy atom. The van der Waals surface area contributed by atoms with Gasteiger partial charge in [0.1, 0.15) is 5.76 Å². The minimum atomic E-state index is -3.87. The molecule has 0 unspecified atom stereocenters. The van der Waals surface area contributed by atoms with Crippen LogP contribution < -0.4 is 9.03 Å². The second kappa shape index (κ2) is 8.62. The predicted molar refractivity (Wildman–Crippen MR) is 119 cm³/mol. The predicted octanol–water partition coefficient (Wildman–Crippen LogP) is 2.02. The number of amides is 1. The Balaban J connectivity index is 1.56. The van der Waals surface area contributed by atoms with E-state index >= 15 is 0 Å². The maximum atomic E-state index is 13.1. The Morgan fingerprint density at radius 1 is 1.22 bits per heavy atom. The molecule has 0 spiro atoms. The van der Waals surface area contributed by atoms with Crippen molar-refractivity contribution in [1.82, 2.24) is 9.62 Å². The van der Waals surface area contributed by atoms with Gasteiger partial charge in [-0.25, -0.2) is 25.9 Å². The van der Waals surface area contributed by atoms with E-state index in [0.29, 0.717) is 11.3 Å². The maximum Gasteiger partial charge on any atom is 0.244 e. The van der Waals surface area contributed by atoms with E-state index in [9.17, 15) is 21.6 Å². The van der Waals surface area contributed by atoms with Gasteiger partial charge in [-0.3, -0.25) is 9.69 Å². The fraction of sp³-hybridized carbons (Fsp3) is 0.476. The number of anilines is 1. The minimum absolute atomic E-state index is 0.0398. The quantitative estimate of drug-likeness (QED) is 0.643. The molecular weight excluding hydrogens is 454 g/mol. The van der Waals surface area contributed by atoms with Crippen molar-refractivity contribution in [3.63, 3.8) is 0 Å². The number of hydrogen-bond donors (Lipinski definition) is 1. The lowest BCUT2D eigenvalue weighted by Crippen LogP contribution is -2.37. The lowest BCUT2D eigenvalue weighted by molar-refractivity contribution is -0.119. The number of likely N-dealkylation sites (tertiary alicyclic amines) is 1. The number of aryl methyl sites for hydroxylation is 1. The molecule has 0 saturated carbocycles. The van der Waals surface area contributed by atoms with Gasteiger partial charge in [0.05, 0.1) is 34.6 Å². The summed E-state index contributed by atoms with van der Waals surface area (Å²) in [6.07, 6.45) is 3.69. The summed E-state index contributed by atoms with van der Waals surface area (Å²) in [6, 6.07) is 7.54. The average Bonchev–Trinajstić information content (AvgIpc) is 3.45. The topological polar surface area (TPSA) is 117 Å². The van der Waals surface area contributed by atoms with Gasteiger partial charge in [0.15, 0.2) is 0 Å². The molecule has 1 N–H and O–H groups in total. The van der Waals surface area contributed by atoms with Crippen LogP contribution in [0, 0.1) is 12.8 Å². The van der Waals surface area contributed by atoms with Gasteiger partial charge in [-0.2, -0.15) is 0 Å². The first kappa shape index (κ1) is 23.0. The molecule has 0 bridgehead atoms. The van der Waals surface area contributed by atoms with E-state index in [0.717, 1.165) is 30.2 Å². The molecular formula is C21H27N3O6S2. The molecule has 0 radical (unpaired) electrons. The summed E-state index contributed by atoms with van der Waals surface area (Å²) in [5.41, 5.74) is 0.509. The zero-order valence-corrected chi connectivity index (χ0v) is 19.7. The fourth-order valence-electron chi connectivity index (χ4n) is 4.36. The lowest BCUT2D eigenvalue weighted by atomic mass is 10.2. The van der Waals surface area contributed by atoms with Gasteiger partial charge >= 0.3 is 0 Å². The molecule has 11 heteroatoms. The molecule has 0 aliphatic carbocycles. The molecule has 2 aliphatic rings. The van der Waals surface area contributed by atoms with Gasteiger partial charge in [0.25, 0.3) is 0 Å². The number of benzene rings is 1. The van der Waals surface area contributed by atoms with Crippen molar-refractivity contribution in [2.45, 2.75) is 37.6 Å². The first-order valence-corrected chi connectivity index (χ1v) is 13.6. The Morgan fingerprint density at radius 3 is 2.50 bits per heavy atom. The molecule has 2 fully saturated rings. The van der Waals surface area contributed by atoms with E-state index in [4.69, 9.17) is 4.42 Å². The highest BCUT2D eigenvalue weighted by Crippen LogP contribution is 2.31. The standard InChI is InChI=1S/C21H27N3O6S2/c1-15-12-17(24-21(25)16(2)14-31(24,26)27)7-8-20(15)32(28,29)22-13-18(19-6-5-11-30-19)23-9-3-4-10-23/h5-8,11-12,16,18,22H,3-4,9-10,13-14H2,1-2H3/t16-,18-/m0/s1. The zero-order chi connectivity index (χ0) is 23.1. The molecule has 2 atom stereocenters. The molecule has 2 aromatic rings. The van der Waals surface area contributed by atoms with E-state index in [2.05, 4.69) is 9.62 Å². The van der Waals surface area contributed by atoms with Crippen molar-refractivity contribution in [3.05, 3.63) is 47.9 Å². The number of nitrogens with zero attached hydrogens (tertiary/aromatic N) is 2. The van der Waals surface area contributed by atoms with Crippen LogP contribution in [0.15, 0.2) is 45.9 Å². The molecule has 32 heavy (non-hydrogen) atoms. The number of carbonyl (C=O) groups is 1. The summed E-state index contributed by atoms with van der Waals surface area (Å²) in [5.74, 6) is -0.690. The number of furan rings is 1. The van der Waals surface area contributed by atoms with E-state index in [-0.39, 0.29) is 28.9 Å². The van der Waals surface area contributed by atoms with Crippen LogP contribution in [0.3, 0.4) is 0 Å². The van der Waals surface area contributed by atoms with Crippen LogP contribution >= 0.6 is 0 Å². The lowest BCUT2D eigenvalue weighted by Gasteiger charge is -2.26. The van der Waals surface area contributed by atoms with Gasteiger partial charge < -0.3 is 4.42 Å². The summed E-state index contributed by atoms with van der Waals surface area (Å²) in [4.78, 5) is 14.6. The molecule has 2 aliphatic heterocycles. The van der Waals surface area contributed by atoms with Crippen LogP contribution in [0.1, 0.15) is 37.1 Å². The van der Waals surface area contributed by atoms with Gasteiger partial charge in [-0.15, -0.1) is 0 Å². The van der Waals surface area contributed by atoms with Crippen molar-refractivity contribution in [2.24, 2.45) is 5.92 Å². The number of nitrogens with one attached hydrogen (secondary N) is 1. The first-order chi connectivity index (χ1) is 15.1. The Hall–Kier alpha value is -2.21. The van der Waals surface area contributed by atoms with Gasteiger partial charge in [-0.05, 0) is 68.8 Å². The number of rotatable bonds is 7. The smallest absolute Gasteiger partial charge is 0.244 e. The summed E-state index contributed by atoms with van der Waals surface area (Å²) >= 11 is 0. The first-order valence-electron chi connectivity index (χ1n) is 10.5. The normalized spacial score (nSPS) is 22.5. The van der Waals surface area contributed by atoms with Crippen LogP contribution in [0.2, 0.25) is 0 Å². The third kappa shape index (κ3) is 4.34. The van der Waals surface area contributed by atoms with Crippen LogP contribution in [0.25, 0.3) is 0 Å². The van der Waals surface area contributed by atoms with Crippen molar-refractivity contribution >= 4 is 31.6 Å². The molecule has 1 amide bonds. The fourth-order valence-corrected chi connectivity index (χ4v) is 7.43. The van der Waals surface area contributed by atoms with Gasteiger partial charge in [0.2, 0.25) is 26.0 Å². The summed E-state index contributed by atoms with van der Waals surface area (Å²) in [6.45, 7) is 5.03. The second-order valence-electron chi connectivity index (χ2n) is 8.36. The second-order valence-corrected chi connectivity index (χ2v) is 12.0. The van der Waals surface area contributed by atoms with E-state index in [1.165, 1.54) is 18.2 Å². The highest BCUT2D eigenvalue weighted by atomic mass is 32.2. The Bertz CT molecular complexity index is 1200. The number of sulfonamides is 2. The highest BCUT2D eigenvalue weighted by Gasteiger charge is 2.42. The summed E-state index contributed by atoms with van der Waals surface area (Å²) in [5, 5.41) is 0. The van der Waals surface area contributed by atoms with Gasteiger partial charge in [-0.1, -0.05) is 6.92 Å². The maximum absolute atomic E-state index is 13.1. The highest BCUT2D eigenvalue weighted by molar-refractivity contribution is 7.94. The van der Waals surface area contributed by atoms with Crippen molar-refractivity contribution < 1.29 is 26.0 Å². The van der Waals surface area contributed by atoms with Gasteiger partial charge in [0, 0.05) is 6.54 Å². The van der Waals surface area contributed by atoms with Crippen LogP contribution in [-0.2, 0) is 24.8 Å². The average molecular weight is 482 g/mol. The number of carbonyl (C=O) groups excluding carboxylic acids is 1. The molecule has 1 aromatic heterocycles. The summed E-state index contributed by atoms with van der Waals surface area (Å²) < 4.78 is 59.8. The number of hydrogen-bond acceptors (Lipinski definition) is 7. The zero-order valence-electron chi connectivity index (χ0n) is 18.0. The third-order valence-corrected chi connectivity index (χ3v) is 9.41. The molecule has 174 valence electrons. The molecule has 2 saturated heterocycles. The largest absolute Gasteiger partial charge is 0.468 e. The van der Waals surface area contributed by atoms with Crippen molar-refractivity contribution in [3.8, 4) is 0 Å². The van der Waals surface area contributed by atoms with E-state index in [1.54, 1.807) is 26.2 Å². The summed E-state index contributed by atoms with van der Waals surface area (Å²) in [7, 11) is -7.63. The van der Waals surface area contributed by atoms with Crippen LogP contribution in [0.4, 0.5) is 5.69 Å². The third-order valence-electron chi connectivity index (χ3n) is 5.96. The van der Waals surface area contributed by atoms with Crippen molar-refractivity contribution in [2.75, 3.05) is 29.7 Å². The van der Waals surface area contributed by atoms with E-state index < -0.39 is 31.9 Å². The minimum Gasteiger partial charge on any atom is -0.468 e. The monoisotopic (exact) mass is 481 g/mol. The molecule has 3 heterocycles. The van der Waals surface area contributed by atoms with Crippen LogP contribution in [-0.4, -0.2) is 53.0 Å². The SMILES string of the molecule is Cc1cc(N2C(=O)[C@@H](C)CS2(=O)=O)ccc1S(=O)(=O)NC[C@@H](c1ccco1)N1CCCC1. The van der Waals surface area contributed by atoms with E-state index in [1.807, 2.05) is 6.07 Å². The Kier molecular flexibility index (Phi) is 6.19. The molecule has 9 nitrogen and oxygen atoms in total. The molecule has 4 rings (SSSR count). The molecule has 1 aromatic carbocycles. The Labute approximate surface area is 188 Å². The van der Waals surface area contributed by atoms with Crippen molar-refractivity contribution in [1.29, 1.82) is 0 Å².